The van der Waals surface area contributed by atoms with Gasteiger partial charge in [0, 0.05) is 29.8 Å². The SMILES string of the molecule is CCn1c(=O)c2cc(C(=O)N(CCCOC(C)C)Cc3ccco3)sc2c2ccccc21. The van der Waals surface area contributed by atoms with E-state index in [2.05, 4.69) is 0 Å². The van der Waals surface area contributed by atoms with E-state index in [1.165, 1.54) is 11.3 Å². The molecule has 0 N–H and O–H groups in total. The van der Waals surface area contributed by atoms with E-state index in [4.69, 9.17) is 9.15 Å². The van der Waals surface area contributed by atoms with Crippen molar-refractivity contribution < 1.29 is 13.9 Å². The lowest BCUT2D eigenvalue weighted by molar-refractivity contribution is 0.0599. The fourth-order valence-corrected chi connectivity index (χ4v) is 5.05. The molecule has 0 fully saturated rings. The van der Waals surface area contributed by atoms with Gasteiger partial charge in [0.15, 0.2) is 0 Å². The first kappa shape index (κ1) is 22.3. The van der Waals surface area contributed by atoms with Gasteiger partial charge in [0.05, 0.1) is 34.7 Å². The first-order valence-electron chi connectivity index (χ1n) is 11.0. The number of amides is 1. The zero-order valence-corrected chi connectivity index (χ0v) is 19.5. The van der Waals surface area contributed by atoms with Gasteiger partial charge >= 0.3 is 0 Å². The van der Waals surface area contributed by atoms with E-state index in [1.54, 1.807) is 21.8 Å². The summed E-state index contributed by atoms with van der Waals surface area (Å²) in [4.78, 5) is 29.0. The molecule has 6 nitrogen and oxygen atoms in total. The van der Waals surface area contributed by atoms with Crippen LogP contribution in [0, 0.1) is 0 Å². The number of ether oxygens (including phenoxy) is 1. The molecule has 0 aliphatic heterocycles. The van der Waals surface area contributed by atoms with Gasteiger partial charge in [-0.1, -0.05) is 18.2 Å². The van der Waals surface area contributed by atoms with E-state index in [9.17, 15) is 9.59 Å². The lowest BCUT2D eigenvalue weighted by Crippen LogP contribution is -2.31. The van der Waals surface area contributed by atoms with Crippen LogP contribution in [0.1, 0.15) is 42.6 Å². The summed E-state index contributed by atoms with van der Waals surface area (Å²) < 4.78 is 13.8. The predicted octanol–water partition coefficient (Wildman–Crippen LogP) is 5.29. The summed E-state index contributed by atoms with van der Waals surface area (Å²) in [6.07, 6.45) is 2.49. The number of thiophene rings is 1. The number of hydrogen-bond acceptors (Lipinski definition) is 5. The van der Waals surface area contributed by atoms with E-state index < -0.39 is 0 Å². The maximum atomic E-state index is 13.5. The van der Waals surface area contributed by atoms with Gasteiger partial charge in [-0.2, -0.15) is 0 Å². The minimum atomic E-state index is -0.0984. The lowest BCUT2D eigenvalue weighted by atomic mass is 10.1. The van der Waals surface area contributed by atoms with Crippen LogP contribution in [0.4, 0.5) is 0 Å². The van der Waals surface area contributed by atoms with Crippen molar-refractivity contribution in [2.75, 3.05) is 13.2 Å². The Bertz CT molecular complexity index is 1270. The van der Waals surface area contributed by atoms with E-state index in [-0.39, 0.29) is 17.6 Å². The highest BCUT2D eigenvalue weighted by molar-refractivity contribution is 7.21. The summed E-state index contributed by atoms with van der Waals surface area (Å²) >= 11 is 1.39. The maximum absolute atomic E-state index is 13.5. The Hall–Kier alpha value is -2.90. The number of aryl methyl sites for hydroxylation is 1. The quantitative estimate of drug-likeness (QED) is 0.324. The molecule has 1 aromatic carbocycles. The van der Waals surface area contributed by atoms with E-state index in [0.29, 0.717) is 36.5 Å². The Morgan fingerprint density at radius 3 is 2.72 bits per heavy atom. The van der Waals surface area contributed by atoms with Crippen molar-refractivity contribution in [3.05, 3.63) is 69.7 Å². The molecule has 0 atom stereocenters. The second kappa shape index (κ2) is 9.71. The third kappa shape index (κ3) is 4.49. The summed E-state index contributed by atoms with van der Waals surface area (Å²) in [5.74, 6) is 0.627. The number of carbonyl (C=O) groups is 1. The predicted molar refractivity (Wildman–Crippen MR) is 128 cm³/mol. The number of para-hydroxylation sites is 1. The van der Waals surface area contributed by atoms with Crippen LogP contribution in [-0.4, -0.2) is 34.6 Å². The number of hydrogen-bond donors (Lipinski definition) is 0. The topological polar surface area (TPSA) is 64.7 Å². The molecule has 0 aliphatic carbocycles. The summed E-state index contributed by atoms with van der Waals surface area (Å²) in [5, 5.41) is 1.59. The minimum Gasteiger partial charge on any atom is -0.467 e. The van der Waals surface area contributed by atoms with E-state index >= 15 is 0 Å². The highest BCUT2D eigenvalue weighted by atomic mass is 32.1. The summed E-state index contributed by atoms with van der Waals surface area (Å²) in [7, 11) is 0. The van der Waals surface area contributed by atoms with Crippen molar-refractivity contribution in [3.63, 3.8) is 0 Å². The fraction of sp³-hybridized carbons (Fsp3) is 0.360. The summed E-state index contributed by atoms with van der Waals surface area (Å²) in [5.41, 5.74) is 0.839. The molecule has 7 heteroatoms. The van der Waals surface area contributed by atoms with Crippen LogP contribution < -0.4 is 5.56 Å². The number of furan rings is 1. The molecular weight excluding hydrogens is 424 g/mol. The number of rotatable bonds is 9. The molecular formula is C25H28N2O4S. The number of fused-ring (bicyclic) bond motifs is 3. The summed E-state index contributed by atoms with van der Waals surface area (Å²) in [6, 6.07) is 13.3. The van der Waals surface area contributed by atoms with Crippen molar-refractivity contribution in [3.8, 4) is 0 Å². The molecule has 4 aromatic rings. The second-order valence-electron chi connectivity index (χ2n) is 8.00. The van der Waals surface area contributed by atoms with Gasteiger partial charge in [0.1, 0.15) is 5.76 Å². The van der Waals surface area contributed by atoms with Crippen molar-refractivity contribution in [1.29, 1.82) is 0 Å². The molecule has 4 rings (SSSR count). The van der Waals surface area contributed by atoms with Gasteiger partial charge in [-0.15, -0.1) is 11.3 Å². The zero-order chi connectivity index (χ0) is 22.7. The number of benzene rings is 1. The normalized spacial score (nSPS) is 11.6. The zero-order valence-electron chi connectivity index (χ0n) is 18.7. The Morgan fingerprint density at radius 1 is 1.19 bits per heavy atom. The molecule has 168 valence electrons. The monoisotopic (exact) mass is 452 g/mol. The van der Waals surface area contributed by atoms with Crippen LogP contribution >= 0.6 is 11.3 Å². The molecule has 0 saturated heterocycles. The number of aromatic nitrogens is 1. The standard InChI is InChI=1S/C25H28N2O4S/c1-4-27-21-11-6-5-10-19(21)23-20(24(27)28)15-22(32-23)25(29)26(12-8-14-30-17(2)3)16-18-9-7-13-31-18/h5-7,9-11,13,15,17H,4,8,12,14,16H2,1-3H3. The molecule has 1 amide bonds. The molecule has 0 radical (unpaired) electrons. The van der Waals surface area contributed by atoms with Crippen LogP contribution in [-0.2, 0) is 17.8 Å². The van der Waals surface area contributed by atoms with E-state index in [1.807, 2.05) is 57.2 Å². The fourth-order valence-electron chi connectivity index (χ4n) is 3.90. The van der Waals surface area contributed by atoms with Crippen molar-refractivity contribution in [2.24, 2.45) is 0 Å². The van der Waals surface area contributed by atoms with Crippen LogP contribution in [0.15, 0.2) is 57.9 Å². The number of nitrogens with zero attached hydrogens (tertiary/aromatic N) is 2. The van der Waals surface area contributed by atoms with Crippen molar-refractivity contribution >= 4 is 38.2 Å². The Morgan fingerprint density at radius 2 is 2.00 bits per heavy atom. The van der Waals surface area contributed by atoms with Gasteiger partial charge in [0.25, 0.3) is 11.5 Å². The smallest absolute Gasteiger partial charge is 0.264 e. The van der Waals surface area contributed by atoms with E-state index in [0.717, 1.165) is 27.8 Å². The third-order valence-corrected chi connectivity index (χ3v) is 6.57. The van der Waals surface area contributed by atoms with Gasteiger partial charge in [-0.25, -0.2) is 0 Å². The maximum Gasteiger partial charge on any atom is 0.264 e. The van der Waals surface area contributed by atoms with Gasteiger partial charge in [-0.3, -0.25) is 9.59 Å². The first-order chi connectivity index (χ1) is 15.5. The first-order valence-corrected chi connectivity index (χ1v) is 11.8. The highest BCUT2D eigenvalue weighted by Crippen LogP contribution is 2.31. The van der Waals surface area contributed by atoms with Crippen molar-refractivity contribution in [2.45, 2.75) is 46.4 Å². The average Bonchev–Trinajstić information content (AvgIpc) is 3.46. The van der Waals surface area contributed by atoms with Crippen molar-refractivity contribution in [1.82, 2.24) is 9.47 Å². The largest absolute Gasteiger partial charge is 0.467 e. The number of carbonyl (C=O) groups excluding carboxylic acids is 1. The lowest BCUT2D eigenvalue weighted by Gasteiger charge is -2.21. The third-order valence-electron chi connectivity index (χ3n) is 5.41. The van der Waals surface area contributed by atoms with Crippen LogP contribution in [0.25, 0.3) is 21.0 Å². The van der Waals surface area contributed by atoms with Crippen LogP contribution in [0.3, 0.4) is 0 Å². The van der Waals surface area contributed by atoms with Crippen LogP contribution in [0.5, 0.6) is 0 Å². The molecule has 0 bridgehead atoms. The number of pyridine rings is 1. The second-order valence-corrected chi connectivity index (χ2v) is 9.05. The molecule has 3 aromatic heterocycles. The molecule has 3 heterocycles. The van der Waals surface area contributed by atoms with Crippen LogP contribution in [0.2, 0.25) is 0 Å². The Balaban J connectivity index is 1.69. The molecule has 0 spiro atoms. The molecule has 32 heavy (non-hydrogen) atoms. The highest BCUT2D eigenvalue weighted by Gasteiger charge is 2.22. The molecule has 0 aliphatic rings. The molecule has 0 saturated carbocycles. The van der Waals surface area contributed by atoms with Gasteiger partial charge < -0.3 is 18.6 Å². The van der Waals surface area contributed by atoms with Gasteiger partial charge in [0.2, 0.25) is 0 Å². The Labute approximate surface area is 191 Å². The average molecular weight is 453 g/mol. The molecule has 0 unspecified atom stereocenters. The van der Waals surface area contributed by atoms with Gasteiger partial charge in [-0.05, 0) is 51.5 Å². The summed E-state index contributed by atoms with van der Waals surface area (Å²) in [6.45, 7) is 8.03. The Kier molecular flexibility index (Phi) is 6.77. The minimum absolute atomic E-state index is 0.0561.